The first-order chi connectivity index (χ1) is 12.6. The van der Waals surface area contributed by atoms with Gasteiger partial charge < -0.3 is 0 Å². The second kappa shape index (κ2) is 6.35. The highest BCUT2D eigenvalue weighted by Gasteiger charge is 2.32. The molecule has 5 heteroatoms. The maximum absolute atomic E-state index is 12.6. The summed E-state index contributed by atoms with van der Waals surface area (Å²) in [7, 11) is 0. The Morgan fingerprint density at radius 2 is 1.88 bits per heavy atom. The lowest BCUT2D eigenvalue weighted by Gasteiger charge is -2.27. The molecule has 4 rings (SSSR count). The molecule has 1 saturated heterocycles. The van der Waals surface area contributed by atoms with E-state index in [1.807, 2.05) is 30.3 Å². The number of thiocarbonyl (C=S) groups is 1. The van der Waals surface area contributed by atoms with Crippen LogP contribution in [0.4, 0.5) is 0 Å². The first kappa shape index (κ1) is 16.4. The van der Waals surface area contributed by atoms with Gasteiger partial charge in [-0.25, -0.2) is 0 Å². The molecule has 1 heterocycles. The monoisotopic (exact) mass is 360 g/mol. The second-order valence-electron chi connectivity index (χ2n) is 6.27. The molecular weight excluding hydrogens is 344 g/mol. The Balaban J connectivity index is 1.69. The van der Waals surface area contributed by atoms with Crippen LogP contribution in [-0.2, 0) is 16.0 Å². The van der Waals surface area contributed by atoms with E-state index in [0.717, 1.165) is 12.0 Å². The van der Waals surface area contributed by atoms with Crippen molar-refractivity contribution in [2.75, 3.05) is 6.54 Å². The molecule has 1 aliphatic heterocycles. The summed E-state index contributed by atoms with van der Waals surface area (Å²) in [4.78, 5) is 26.2. The standard InChI is InChI=1S/C21H16N2O2S/c1-2-9-23-20(25)18(19(24)22-21(23)26)11-13-7-8-17-15(10-13)12-14-5-3-4-6-16(14)17/h2-8,10-11H,1,9,12H2,(H,22,24,26). The molecule has 2 aliphatic rings. The van der Waals surface area contributed by atoms with E-state index in [9.17, 15) is 9.59 Å². The zero-order valence-electron chi connectivity index (χ0n) is 14.0. The van der Waals surface area contributed by atoms with Crippen molar-refractivity contribution >= 4 is 35.2 Å². The van der Waals surface area contributed by atoms with Crippen molar-refractivity contribution in [3.05, 3.63) is 77.4 Å². The lowest BCUT2D eigenvalue weighted by molar-refractivity contribution is -0.128. The summed E-state index contributed by atoms with van der Waals surface area (Å²) in [5.74, 6) is -0.869. The lowest BCUT2D eigenvalue weighted by Crippen LogP contribution is -2.53. The number of hydrogen-bond donors (Lipinski definition) is 1. The van der Waals surface area contributed by atoms with Crippen molar-refractivity contribution < 1.29 is 9.59 Å². The molecule has 1 N–H and O–H groups in total. The summed E-state index contributed by atoms with van der Waals surface area (Å²) in [6.45, 7) is 3.88. The fraction of sp³-hybridized carbons (Fsp3) is 0.0952. The van der Waals surface area contributed by atoms with Gasteiger partial charge in [-0.15, -0.1) is 6.58 Å². The third-order valence-corrected chi connectivity index (χ3v) is 4.95. The number of benzene rings is 2. The quantitative estimate of drug-likeness (QED) is 0.338. The number of hydrogen-bond acceptors (Lipinski definition) is 3. The highest BCUT2D eigenvalue weighted by molar-refractivity contribution is 7.80. The largest absolute Gasteiger partial charge is 0.298 e. The first-order valence-corrected chi connectivity index (χ1v) is 8.70. The van der Waals surface area contributed by atoms with Crippen molar-refractivity contribution in [2.45, 2.75) is 6.42 Å². The van der Waals surface area contributed by atoms with Crippen LogP contribution in [0.15, 0.2) is 60.7 Å². The minimum absolute atomic E-state index is 0.0795. The molecule has 128 valence electrons. The summed E-state index contributed by atoms with van der Waals surface area (Å²) >= 11 is 5.07. The maximum Gasteiger partial charge on any atom is 0.265 e. The van der Waals surface area contributed by atoms with Crippen molar-refractivity contribution in [1.82, 2.24) is 10.2 Å². The van der Waals surface area contributed by atoms with Crippen LogP contribution in [-0.4, -0.2) is 28.4 Å². The molecule has 0 saturated carbocycles. The summed E-state index contributed by atoms with van der Waals surface area (Å²) < 4.78 is 0. The van der Waals surface area contributed by atoms with Crippen LogP contribution in [0.25, 0.3) is 17.2 Å². The van der Waals surface area contributed by atoms with Crippen LogP contribution < -0.4 is 5.32 Å². The Morgan fingerprint density at radius 3 is 2.69 bits per heavy atom. The minimum Gasteiger partial charge on any atom is -0.298 e. The molecule has 1 aliphatic carbocycles. The molecule has 2 amide bonds. The van der Waals surface area contributed by atoms with Gasteiger partial charge in [0.15, 0.2) is 5.11 Å². The Hall–Kier alpha value is -3.05. The van der Waals surface area contributed by atoms with Crippen LogP contribution >= 0.6 is 12.2 Å². The number of carbonyl (C=O) groups excluding carboxylic acids is 2. The second-order valence-corrected chi connectivity index (χ2v) is 6.66. The van der Waals surface area contributed by atoms with Gasteiger partial charge in [-0.05, 0) is 52.5 Å². The Bertz CT molecular complexity index is 1010. The van der Waals surface area contributed by atoms with Gasteiger partial charge in [0.25, 0.3) is 11.8 Å². The average molecular weight is 360 g/mol. The molecule has 0 radical (unpaired) electrons. The van der Waals surface area contributed by atoms with E-state index >= 15 is 0 Å². The van der Waals surface area contributed by atoms with Crippen LogP contribution in [0.5, 0.6) is 0 Å². The third-order valence-electron chi connectivity index (χ3n) is 4.63. The van der Waals surface area contributed by atoms with Crippen LogP contribution in [0.2, 0.25) is 0 Å². The minimum atomic E-state index is -0.468. The predicted molar refractivity (Wildman–Crippen MR) is 105 cm³/mol. The van der Waals surface area contributed by atoms with E-state index in [-0.39, 0.29) is 17.2 Å². The van der Waals surface area contributed by atoms with Crippen LogP contribution in [0, 0.1) is 0 Å². The summed E-state index contributed by atoms with van der Waals surface area (Å²) in [5.41, 5.74) is 5.84. The van der Waals surface area contributed by atoms with Gasteiger partial charge in [-0.2, -0.15) is 0 Å². The predicted octanol–water partition coefficient (Wildman–Crippen LogP) is 3.07. The smallest absolute Gasteiger partial charge is 0.265 e. The molecule has 0 bridgehead atoms. The Kier molecular flexibility index (Phi) is 4.01. The molecule has 0 unspecified atom stereocenters. The summed E-state index contributed by atoms with van der Waals surface area (Å²) in [5, 5.41) is 2.68. The van der Waals surface area contributed by atoms with Gasteiger partial charge in [-0.3, -0.25) is 19.8 Å². The number of fused-ring (bicyclic) bond motifs is 3. The van der Waals surface area contributed by atoms with Gasteiger partial charge in [-0.1, -0.05) is 48.5 Å². The van der Waals surface area contributed by atoms with E-state index in [4.69, 9.17) is 12.2 Å². The topological polar surface area (TPSA) is 49.4 Å². The maximum atomic E-state index is 12.6. The summed E-state index contributed by atoms with van der Waals surface area (Å²) in [6.07, 6.45) is 4.06. The number of nitrogens with zero attached hydrogens (tertiary/aromatic N) is 1. The average Bonchev–Trinajstić information content (AvgIpc) is 3.00. The lowest BCUT2D eigenvalue weighted by atomic mass is 10.0. The van der Waals surface area contributed by atoms with Gasteiger partial charge >= 0.3 is 0 Å². The fourth-order valence-corrected chi connectivity index (χ4v) is 3.66. The van der Waals surface area contributed by atoms with Gasteiger partial charge in [0, 0.05) is 6.54 Å². The molecular formula is C21H16N2O2S. The van der Waals surface area contributed by atoms with Crippen molar-refractivity contribution in [3.63, 3.8) is 0 Å². The Labute approximate surface area is 156 Å². The molecule has 0 atom stereocenters. The number of nitrogens with one attached hydrogen (secondary N) is 1. The molecule has 0 aromatic heterocycles. The highest BCUT2D eigenvalue weighted by Crippen LogP contribution is 2.37. The summed E-state index contributed by atoms with van der Waals surface area (Å²) in [6, 6.07) is 14.3. The van der Waals surface area contributed by atoms with Crippen molar-refractivity contribution in [1.29, 1.82) is 0 Å². The van der Waals surface area contributed by atoms with Crippen molar-refractivity contribution in [3.8, 4) is 11.1 Å². The van der Waals surface area contributed by atoms with E-state index in [1.165, 1.54) is 27.2 Å². The number of carbonyl (C=O) groups is 2. The van der Waals surface area contributed by atoms with E-state index in [1.54, 1.807) is 12.2 Å². The molecule has 1 fully saturated rings. The van der Waals surface area contributed by atoms with E-state index < -0.39 is 11.8 Å². The van der Waals surface area contributed by atoms with Crippen LogP contribution in [0.1, 0.15) is 16.7 Å². The number of rotatable bonds is 3. The fourth-order valence-electron chi connectivity index (χ4n) is 3.41. The SMILES string of the molecule is C=CCN1C(=O)C(=Cc2ccc3c(c2)Cc2ccccc2-3)C(=O)NC1=S. The molecule has 4 nitrogen and oxygen atoms in total. The zero-order chi connectivity index (χ0) is 18.3. The molecule has 26 heavy (non-hydrogen) atoms. The van der Waals surface area contributed by atoms with E-state index in [2.05, 4.69) is 24.0 Å². The highest BCUT2D eigenvalue weighted by atomic mass is 32.1. The van der Waals surface area contributed by atoms with Gasteiger partial charge in [0.05, 0.1) is 0 Å². The normalized spacial score (nSPS) is 17.2. The Morgan fingerprint density at radius 1 is 1.12 bits per heavy atom. The third kappa shape index (κ3) is 2.66. The molecule has 2 aromatic carbocycles. The molecule has 0 spiro atoms. The van der Waals surface area contributed by atoms with E-state index in [0.29, 0.717) is 0 Å². The number of amides is 2. The van der Waals surface area contributed by atoms with Gasteiger partial charge in [0.1, 0.15) is 5.57 Å². The van der Waals surface area contributed by atoms with Crippen LogP contribution in [0.3, 0.4) is 0 Å². The first-order valence-electron chi connectivity index (χ1n) is 8.29. The zero-order valence-corrected chi connectivity index (χ0v) is 14.8. The molecule has 2 aromatic rings. The van der Waals surface area contributed by atoms with Gasteiger partial charge in [0.2, 0.25) is 0 Å². The van der Waals surface area contributed by atoms with Crippen molar-refractivity contribution in [2.24, 2.45) is 0 Å².